The van der Waals surface area contributed by atoms with Crippen LogP contribution in [0.3, 0.4) is 0 Å². The summed E-state index contributed by atoms with van der Waals surface area (Å²) in [6.45, 7) is 8.72. The number of nitrogens with zero attached hydrogens (tertiary/aromatic N) is 7. The Morgan fingerprint density at radius 2 is 1.91 bits per heavy atom. The van der Waals surface area contributed by atoms with E-state index in [-0.39, 0.29) is 5.95 Å². The number of imidazole rings is 1. The molecule has 1 fully saturated rings. The number of nitrogens with one attached hydrogen (secondary N) is 2. The molecule has 32 heavy (non-hydrogen) atoms. The van der Waals surface area contributed by atoms with Crippen LogP contribution in [0.25, 0.3) is 22.6 Å². The molecule has 4 heterocycles. The zero-order valence-electron chi connectivity index (χ0n) is 18.3. The van der Waals surface area contributed by atoms with Gasteiger partial charge in [0.2, 0.25) is 18.3 Å². The fourth-order valence-corrected chi connectivity index (χ4v) is 3.54. The van der Waals surface area contributed by atoms with E-state index in [1.807, 2.05) is 0 Å². The van der Waals surface area contributed by atoms with Crippen molar-refractivity contribution in [1.29, 1.82) is 0 Å². The van der Waals surface area contributed by atoms with Gasteiger partial charge in [-0.15, -0.1) is 0 Å². The Bertz CT molecular complexity index is 1060. The molecule has 12 heteroatoms. The maximum Gasteiger partial charge on any atom is 0.219 e. The molecule has 0 aliphatic carbocycles. The van der Waals surface area contributed by atoms with Crippen LogP contribution >= 0.6 is 0 Å². The number of ether oxygens (including phenoxy) is 1. The number of nitrogens with two attached hydrogens (primary N) is 1. The normalized spacial score (nSPS) is 14.2. The molecule has 0 aromatic carbocycles. The fraction of sp³-hybridized carbons (Fsp3) is 0.500. The van der Waals surface area contributed by atoms with Gasteiger partial charge in [0, 0.05) is 45.1 Å². The quantitative estimate of drug-likeness (QED) is 0.317. The highest BCUT2D eigenvalue weighted by molar-refractivity contribution is 5.88. The number of hydrogen-bond acceptors (Lipinski definition) is 10. The number of amides is 1. The van der Waals surface area contributed by atoms with E-state index in [1.165, 1.54) is 0 Å². The van der Waals surface area contributed by atoms with Crippen LogP contribution in [-0.4, -0.2) is 75.3 Å². The molecule has 1 aliphatic rings. The van der Waals surface area contributed by atoms with E-state index in [9.17, 15) is 4.79 Å². The summed E-state index contributed by atoms with van der Waals surface area (Å²) in [6.07, 6.45) is 3.93. The predicted molar refractivity (Wildman–Crippen MR) is 121 cm³/mol. The predicted octanol–water partition coefficient (Wildman–Crippen LogP) is 0.516. The van der Waals surface area contributed by atoms with Gasteiger partial charge in [-0.1, -0.05) is 13.8 Å². The molecule has 0 unspecified atom stereocenters. The Kier molecular flexibility index (Phi) is 6.59. The first-order valence-electron chi connectivity index (χ1n) is 10.7. The molecule has 0 spiro atoms. The van der Waals surface area contributed by atoms with Gasteiger partial charge in [-0.3, -0.25) is 9.36 Å². The minimum Gasteiger partial charge on any atom is -0.378 e. The lowest BCUT2D eigenvalue weighted by atomic mass is 10.2. The molecule has 3 aromatic heterocycles. The lowest BCUT2D eigenvalue weighted by molar-refractivity contribution is -0.109. The van der Waals surface area contributed by atoms with Gasteiger partial charge in [0.25, 0.3) is 0 Å². The molecule has 1 aliphatic heterocycles. The number of carbonyl (C=O) groups is 1. The third-order valence-electron chi connectivity index (χ3n) is 5.00. The lowest BCUT2D eigenvalue weighted by Gasteiger charge is -2.28. The Labute approximate surface area is 185 Å². The minimum atomic E-state index is 0.198. The van der Waals surface area contributed by atoms with Crippen molar-refractivity contribution in [2.45, 2.75) is 20.4 Å². The van der Waals surface area contributed by atoms with E-state index >= 15 is 0 Å². The van der Waals surface area contributed by atoms with Crippen LogP contribution in [0.15, 0.2) is 12.4 Å². The number of morpholine rings is 1. The van der Waals surface area contributed by atoms with E-state index in [0.29, 0.717) is 69.1 Å². The summed E-state index contributed by atoms with van der Waals surface area (Å²) in [6, 6.07) is 0. The molecule has 1 amide bonds. The summed E-state index contributed by atoms with van der Waals surface area (Å²) in [4.78, 5) is 35.5. The summed E-state index contributed by atoms with van der Waals surface area (Å²) >= 11 is 0. The molecule has 0 radical (unpaired) electrons. The first-order valence-corrected chi connectivity index (χ1v) is 10.7. The summed E-state index contributed by atoms with van der Waals surface area (Å²) in [5.41, 5.74) is 7.79. The van der Waals surface area contributed by atoms with Crippen molar-refractivity contribution in [3.8, 4) is 11.4 Å². The number of carbonyl (C=O) groups excluding carboxylic acids is 1. The molecule has 0 bridgehead atoms. The number of rotatable bonds is 9. The van der Waals surface area contributed by atoms with Crippen LogP contribution < -0.4 is 21.3 Å². The van der Waals surface area contributed by atoms with Crippen LogP contribution in [-0.2, 0) is 16.1 Å². The topological polar surface area (TPSA) is 149 Å². The zero-order chi connectivity index (χ0) is 22.5. The molecule has 4 N–H and O–H groups in total. The third-order valence-corrected chi connectivity index (χ3v) is 5.00. The van der Waals surface area contributed by atoms with Gasteiger partial charge < -0.3 is 26.0 Å². The summed E-state index contributed by atoms with van der Waals surface area (Å²) in [5, 5.41) is 5.97. The van der Waals surface area contributed by atoms with Crippen molar-refractivity contribution >= 4 is 35.3 Å². The van der Waals surface area contributed by atoms with Crippen molar-refractivity contribution < 1.29 is 9.53 Å². The van der Waals surface area contributed by atoms with Gasteiger partial charge in [0.15, 0.2) is 22.8 Å². The smallest absolute Gasteiger partial charge is 0.219 e. The van der Waals surface area contributed by atoms with Crippen LogP contribution in [0.2, 0.25) is 0 Å². The second kappa shape index (κ2) is 9.73. The second-order valence-corrected chi connectivity index (χ2v) is 7.91. The molecule has 1 saturated heterocycles. The first kappa shape index (κ1) is 21.7. The Morgan fingerprint density at radius 1 is 1.16 bits per heavy atom. The molecule has 0 saturated carbocycles. The molecular formula is C20H28N10O2. The minimum absolute atomic E-state index is 0.198. The van der Waals surface area contributed by atoms with Gasteiger partial charge in [0.05, 0.1) is 18.8 Å². The lowest BCUT2D eigenvalue weighted by Crippen LogP contribution is -2.37. The van der Waals surface area contributed by atoms with Gasteiger partial charge in [-0.2, -0.15) is 0 Å². The van der Waals surface area contributed by atoms with Crippen molar-refractivity contribution in [3.63, 3.8) is 0 Å². The first-order chi connectivity index (χ1) is 15.6. The Morgan fingerprint density at radius 3 is 2.59 bits per heavy atom. The van der Waals surface area contributed by atoms with Gasteiger partial charge >= 0.3 is 0 Å². The highest BCUT2D eigenvalue weighted by Gasteiger charge is 2.24. The molecule has 3 aromatic rings. The molecular weight excluding hydrogens is 412 g/mol. The Balaban J connectivity index is 1.84. The number of fused-ring (bicyclic) bond motifs is 1. The average molecular weight is 441 g/mol. The van der Waals surface area contributed by atoms with Crippen molar-refractivity contribution in [1.82, 2.24) is 34.8 Å². The average Bonchev–Trinajstić information content (AvgIpc) is 3.14. The number of hydrogen-bond donors (Lipinski definition) is 3. The summed E-state index contributed by atoms with van der Waals surface area (Å²) < 4.78 is 7.59. The van der Waals surface area contributed by atoms with Crippen LogP contribution in [0.1, 0.15) is 13.8 Å². The van der Waals surface area contributed by atoms with E-state index in [1.54, 1.807) is 12.4 Å². The van der Waals surface area contributed by atoms with Crippen molar-refractivity contribution in [2.24, 2.45) is 5.92 Å². The molecule has 0 atom stereocenters. The van der Waals surface area contributed by atoms with Crippen LogP contribution in [0.5, 0.6) is 0 Å². The highest BCUT2D eigenvalue weighted by atomic mass is 16.5. The van der Waals surface area contributed by atoms with Gasteiger partial charge in [-0.25, -0.2) is 24.9 Å². The van der Waals surface area contributed by atoms with Crippen LogP contribution in [0.4, 0.5) is 17.7 Å². The van der Waals surface area contributed by atoms with Gasteiger partial charge in [-0.05, 0) is 5.92 Å². The maximum absolute atomic E-state index is 10.6. The molecule has 12 nitrogen and oxygen atoms in total. The van der Waals surface area contributed by atoms with E-state index in [0.717, 1.165) is 23.5 Å². The SMILES string of the molecule is CC(C)Cn1c(NCCNC=O)nc2c(N3CCOCC3)nc(-c3cnc(N)nc3)nc21. The third kappa shape index (κ3) is 4.69. The zero-order valence-corrected chi connectivity index (χ0v) is 18.3. The maximum atomic E-state index is 10.6. The van der Waals surface area contributed by atoms with Gasteiger partial charge in [0.1, 0.15) is 0 Å². The monoisotopic (exact) mass is 440 g/mol. The highest BCUT2D eigenvalue weighted by Crippen LogP contribution is 2.30. The summed E-state index contributed by atoms with van der Waals surface area (Å²) in [7, 11) is 0. The molecule has 170 valence electrons. The second-order valence-electron chi connectivity index (χ2n) is 7.91. The van der Waals surface area contributed by atoms with E-state index in [2.05, 4.69) is 43.9 Å². The standard InChI is InChI=1S/C20H28N10O2/c1-13(2)11-30-18-15(26-20(30)23-4-3-22-12-31)17(29-5-7-32-8-6-29)27-16(28-18)14-9-24-19(21)25-10-14/h9-10,12-13H,3-8,11H2,1-2H3,(H,22,31)(H,23,26)(H2,21,24,25). The van der Waals surface area contributed by atoms with Crippen molar-refractivity contribution in [3.05, 3.63) is 12.4 Å². The van der Waals surface area contributed by atoms with E-state index in [4.69, 9.17) is 25.4 Å². The van der Waals surface area contributed by atoms with E-state index < -0.39 is 0 Å². The van der Waals surface area contributed by atoms with Crippen LogP contribution in [0, 0.1) is 5.92 Å². The van der Waals surface area contributed by atoms with Crippen molar-refractivity contribution in [2.75, 3.05) is 55.3 Å². The largest absolute Gasteiger partial charge is 0.378 e. The number of aromatic nitrogens is 6. The Hall–Kier alpha value is -3.54. The number of anilines is 3. The molecule has 4 rings (SSSR count). The number of nitrogen functional groups attached to an aromatic ring is 1. The fourth-order valence-electron chi connectivity index (χ4n) is 3.54. The summed E-state index contributed by atoms with van der Waals surface area (Å²) in [5.74, 6) is 2.52.